The van der Waals surface area contributed by atoms with E-state index in [1.165, 1.54) is 6.92 Å². The quantitative estimate of drug-likeness (QED) is 0.234. The van der Waals surface area contributed by atoms with Crippen molar-refractivity contribution >= 4 is 17.9 Å². The van der Waals surface area contributed by atoms with Crippen LogP contribution >= 0.6 is 0 Å². The molecule has 2 saturated carbocycles. The lowest BCUT2D eigenvalue weighted by atomic mass is 9.51. The maximum Gasteiger partial charge on any atom is 0.343 e. The molecule has 4 saturated heterocycles. The number of carbonyl (C=O) groups excluding carboxylic acids is 3. The average molecular weight is 440 g/mol. The van der Waals surface area contributed by atoms with Crippen LogP contribution in [-0.4, -0.2) is 86.3 Å². The third kappa shape index (κ3) is 1.43. The van der Waals surface area contributed by atoms with Crippen molar-refractivity contribution in [2.24, 2.45) is 28.1 Å². The number of carbonyl (C=O) groups is 3. The molecule has 6 fully saturated rings. The minimum Gasteiger partial charge on any atom is -0.456 e. The van der Waals surface area contributed by atoms with Gasteiger partial charge in [-0.25, -0.2) is 9.59 Å². The first kappa shape index (κ1) is 19.9. The number of aliphatic hydroxyl groups is 4. The summed E-state index contributed by atoms with van der Waals surface area (Å²) < 4.78 is 22.2. The van der Waals surface area contributed by atoms with Crippen LogP contribution in [0.3, 0.4) is 0 Å². The zero-order valence-electron chi connectivity index (χ0n) is 17.3. The second-order valence-electron chi connectivity index (χ2n) is 10.8. The molecule has 4 aliphatic heterocycles. The van der Waals surface area contributed by atoms with Gasteiger partial charge in [0.25, 0.3) is 0 Å². The van der Waals surface area contributed by atoms with Crippen molar-refractivity contribution in [1.29, 1.82) is 0 Å². The monoisotopic (exact) mass is 440 g/mol. The van der Waals surface area contributed by atoms with Gasteiger partial charge in [0, 0.05) is 5.92 Å². The molecular formula is C20H24O11. The molecule has 0 aromatic heterocycles. The molecule has 11 nitrogen and oxygen atoms in total. The van der Waals surface area contributed by atoms with Crippen LogP contribution in [0.25, 0.3) is 0 Å². The van der Waals surface area contributed by atoms with E-state index in [1.807, 2.05) is 0 Å². The van der Waals surface area contributed by atoms with Crippen molar-refractivity contribution in [1.82, 2.24) is 0 Å². The lowest BCUT2D eigenvalue weighted by Gasteiger charge is -2.47. The van der Waals surface area contributed by atoms with E-state index >= 15 is 0 Å². The zero-order chi connectivity index (χ0) is 22.7. The number of fused-ring (bicyclic) bond motifs is 1. The Morgan fingerprint density at radius 2 is 1.58 bits per heavy atom. The lowest BCUT2D eigenvalue weighted by Crippen LogP contribution is -2.67. The first-order valence-electron chi connectivity index (χ1n) is 10.3. The lowest BCUT2D eigenvalue weighted by molar-refractivity contribution is -0.240. The van der Waals surface area contributed by atoms with Gasteiger partial charge >= 0.3 is 17.9 Å². The highest BCUT2D eigenvalue weighted by Gasteiger charge is 3.05. The van der Waals surface area contributed by atoms with Gasteiger partial charge in [-0.3, -0.25) is 4.79 Å². The Morgan fingerprint density at radius 1 is 0.935 bits per heavy atom. The third-order valence-corrected chi connectivity index (χ3v) is 8.95. The number of aliphatic hydroxyl groups excluding tert-OH is 3. The van der Waals surface area contributed by atoms with Crippen LogP contribution in [0, 0.1) is 28.1 Å². The summed E-state index contributed by atoms with van der Waals surface area (Å²) in [7, 11) is 0. The third-order valence-electron chi connectivity index (χ3n) is 8.95. The molecule has 4 heterocycles. The number of esters is 3. The molecule has 0 bridgehead atoms. The van der Waals surface area contributed by atoms with Crippen LogP contribution in [0.4, 0.5) is 0 Å². The van der Waals surface area contributed by atoms with Crippen molar-refractivity contribution in [2.75, 3.05) is 0 Å². The number of rotatable bonds is 0. The topological polar surface area (TPSA) is 169 Å². The fraction of sp³-hybridized carbons (Fsp3) is 0.850. The highest BCUT2D eigenvalue weighted by atomic mass is 16.8. The van der Waals surface area contributed by atoms with E-state index in [2.05, 4.69) is 0 Å². The molecule has 11 heteroatoms. The van der Waals surface area contributed by atoms with Crippen LogP contribution in [0.5, 0.6) is 0 Å². The number of hydrogen-bond acceptors (Lipinski definition) is 11. The fourth-order valence-electron chi connectivity index (χ4n) is 8.27. The van der Waals surface area contributed by atoms with E-state index < -0.39 is 94.0 Å². The fourth-order valence-corrected chi connectivity index (χ4v) is 8.27. The van der Waals surface area contributed by atoms with Gasteiger partial charge in [-0.2, -0.15) is 0 Å². The van der Waals surface area contributed by atoms with Crippen molar-refractivity contribution in [3.8, 4) is 0 Å². The molecule has 0 radical (unpaired) electrons. The van der Waals surface area contributed by atoms with Crippen molar-refractivity contribution in [2.45, 2.75) is 75.7 Å². The van der Waals surface area contributed by atoms with Crippen molar-refractivity contribution in [3.05, 3.63) is 0 Å². The normalized spacial score (nSPS) is 61.0. The molecular weight excluding hydrogens is 416 g/mol. The SMILES string of the molecule is C[C@@H]1C(=O)O[C@H]2[C@H](O)[C@]34[C@@H]5OC(=O)[C@]3(O[C@@H]3OC(=O)[C@@H](O)[C@@]34[C@H](C(C)(C)C)[C@H]5O)[C@]12O. The summed E-state index contributed by atoms with van der Waals surface area (Å²) in [6.07, 6.45) is -9.69. The Balaban J connectivity index is 1.75. The van der Waals surface area contributed by atoms with E-state index in [1.54, 1.807) is 20.8 Å². The predicted molar refractivity (Wildman–Crippen MR) is 93.4 cm³/mol. The highest BCUT2D eigenvalue weighted by Crippen LogP contribution is 2.84. The van der Waals surface area contributed by atoms with Crippen molar-refractivity contribution < 1.29 is 53.8 Å². The van der Waals surface area contributed by atoms with Gasteiger partial charge in [-0.15, -0.1) is 0 Å². The molecule has 4 N–H and O–H groups in total. The van der Waals surface area contributed by atoms with Crippen LogP contribution in [0.2, 0.25) is 0 Å². The Kier molecular flexibility index (Phi) is 3.15. The van der Waals surface area contributed by atoms with Crippen LogP contribution < -0.4 is 0 Å². The van der Waals surface area contributed by atoms with Gasteiger partial charge in [-0.05, 0) is 12.3 Å². The van der Waals surface area contributed by atoms with E-state index in [9.17, 15) is 34.8 Å². The van der Waals surface area contributed by atoms with Crippen LogP contribution in [0.15, 0.2) is 0 Å². The Hall–Kier alpha value is -1.79. The van der Waals surface area contributed by atoms with Gasteiger partial charge in [0.05, 0.1) is 22.9 Å². The molecule has 12 atom stereocenters. The molecule has 170 valence electrons. The molecule has 0 aromatic carbocycles. The molecule has 6 rings (SSSR count). The summed E-state index contributed by atoms with van der Waals surface area (Å²) in [5.41, 5.74) is -9.40. The largest absolute Gasteiger partial charge is 0.456 e. The number of ether oxygens (including phenoxy) is 4. The summed E-state index contributed by atoms with van der Waals surface area (Å²) in [6, 6.07) is 0. The predicted octanol–water partition coefficient (Wildman–Crippen LogP) is -2.40. The summed E-state index contributed by atoms with van der Waals surface area (Å²) in [5, 5.41) is 46.1. The molecule has 0 unspecified atom stereocenters. The van der Waals surface area contributed by atoms with Crippen molar-refractivity contribution in [3.63, 3.8) is 0 Å². The van der Waals surface area contributed by atoms with E-state index in [-0.39, 0.29) is 0 Å². The van der Waals surface area contributed by atoms with Gasteiger partial charge in [-0.1, -0.05) is 20.8 Å². The van der Waals surface area contributed by atoms with Gasteiger partial charge < -0.3 is 39.4 Å². The van der Waals surface area contributed by atoms with Gasteiger partial charge in [0.2, 0.25) is 11.9 Å². The summed E-state index contributed by atoms with van der Waals surface area (Å²) in [5.74, 6) is -5.22. The Bertz CT molecular complexity index is 957. The summed E-state index contributed by atoms with van der Waals surface area (Å²) in [6.45, 7) is 6.63. The molecule has 6 aliphatic rings. The number of hydrogen-bond donors (Lipinski definition) is 4. The molecule has 0 amide bonds. The minimum absolute atomic E-state index is 0.792. The van der Waals surface area contributed by atoms with Crippen LogP contribution in [0.1, 0.15) is 27.7 Å². The first-order chi connectivity index (χ1) is 14.3. The maximum atomic E-state index is 13.4. The van der Waals surface area contributed by atoms with E-state index in [4.69, 9.17) is 18.9 Å². The average Bonchev–Trinajstić information content (AvgIpc) is 3.35. The molecule has 0 aromatic rings. The summed E-state index contributed by atoms with van der Waals surface area (Å²) >= 11 is 0. The maximum absolute atomic E-state index is 13.4. The molecule has 2 spiro atoms. The second-order valence-corrected chi connectivity index (χ2v) is 10.8. The minimum atomic E-state index is -2.40. The van der Waals surface area contributed by atoms with E-state index in [0.29, 0.717) is 0 Å². The first-order valence-corrected chi connectivity index (χ1v) is 10.3. The highest BCUT2D eigenvalue weighted by molar-refractivity contribution is 5.94. The van der Waals surface area contributed by atoms with Gasteiger partial charge in [0.1, 0.15) is 12.2 Å². The summed E-state index contributed by atoms with van der Waals surface area (Å²) in [4.78, 5) is 38.3. The second kappa shape index (κ2) is 4.91. The molecule has 2 aliphatic carbocycles. The van der Waals surface area contributed by atoms with Gasteiger partial charge in [0.15, 0.2) is 17.8 Å². The standard InChI is InChI=1S/C20H24O11/c1-5-12(24)28-11-8(22)18-10-6(21)7(16(2,3)4)17(18)9(23)13(25)30-15(17)31-20(18,14(26)29-10)19(5,11)27/h5-11,15,21-23,27H,1-4H3/t5-,6-,7+,8+,9-,10-,11+,15+,17+,18-,19+,20-/m1/s1. The molecule has 31 heavy (non-hydrogen) atoms. The smallest absolute Gasteiger partial charge is 0.343 e. The Morgan fingerprint density at radius 3 is 2.19 bits per heavy atom. The van der Waals surface area contributed by atoms with Crippen LogP contribution in [-0.2, 0) is 33.3 Å². The zero-order valence-corrected chi connectivity index (χ0v) is 17.3. The van der Waals surface area contributed by atoms with E-state index in [0.717, 1.165) is 0 Å². The Labute approximate surface area is 176 Å².